The van der Waals surface area contributed by atoms with Gasteiger partial charge in [-0.05, 0) is 47.0 Å². The lowest BCUT2D eigenvalue weighted by atomic mass is 9.92. The van der Waals surface area contributed by atoms with Crippen LogP contribution in [-0.2, 0) is 4.79 Å². The van der Waals surface area contributed by atoms with Crippen molar-refractivity contribution in [3.63, 3.8) is 0 Å². The Hall–Kier alpha value is -1.56. The molecule has 0 saturated carbocycles. The molecule has 0 saturated heterocycles. The molecule has 1 rings (SSSR count). The molecule has 1 aromatic carbocycles. The smallest absolute Gasteiger partial charge is 0.329 e. The number of halogens is 1. The predicted octanol–water partition coefficient (Wildman–Crippen LogP) is 2.40. The summed E-state index contributed by atoms with van der Waals surface area (Å²) in [6, 6.07) is 4.83. The number of rotatable bonds is 5. The number of aliphatic carboxylic acids is 1. The Balaban J connectivity index is 3.07. The highest BCUT2D eigenvalue weighted by atomic mass is 79.9. The van der Waals surface area contributed by atoms with Gasteiger partial charge in [0.2, 0.25) is 0 Å². The summed E-state index contributed by atoms with van der Waals surface area (Å²) in [5.41, 5.74) is 5.16. The summed E-state index contributed by atoms with van der Waals surface area (Å²) >= 11 is 3.26. The lowest BCUT2D eigenvalue weighted by Crippen LogP contribution is -2.53. The summed E-state index contributed by atoms with van der Waals surface area (Å²) in [4.78, 5) is 23.5. The van der Waals surface area contributed by atoms with E-state index in [4.69, 9.17) is 5.73 Å². The fourth-order valence-corrected chi connectivity index (χ4v) is 2.21. The maximum Gasteiger partial charge on any atom is 0.329 e. The molecule has 0 spiro atoms. The number of hydrogen-bond acceptors (Lipinski definition) is 3. The van der Waals surface area contributed by atoms with E-state index in [0.29, 0.717) is 28.6 Å². The third-order valence-corrected chi connectivity index (χ3v) is 3.90. The van der Waals surface area contributed by atoms with E-state index in [1.165, 1.54) is 6.07 Å². The van der Waals surface area contributed by atoms with Crippen LogP contribution in [-0.4, -0.2) is 22.5 Å². The quantitative estimate of drug-likeness (QED) is 0.723. The van der Waals surface area contributed by atoms with E-state index in [2.05, 4.69) is 21.2 Å². The first-order chi connectivity index (χ1) is 8.86. The normalized spacial score (nSPS) is 11.1. The Kier molecular flexibility index (Phi) is 4.94. The minimum Gasteiger partial charge on any atom is -0.480 e. The van der Waals surface area contributed by atoms with Gasteiger partial charge in [-0.25, -0.2) is 4.79 Å². The van der Waals surface area contributed by atoms with E-state index in [9.17, 15) is 14.7 Å². The molecule has 0 heterocycles. The zero-order chi connectivity index (χ0) is 14.6. The van der Waals surface area contributed by atoms with Crippen LogP contribution in [0.4, 0.5) is 5.69 Å². The van der Waals surface area contributed by atoms with Crippen LogP contribution in [0.15, 0.2) is 22.7 Å². The average molecular weight is 329 g/mol. The van der Waals surface area contributed by atoms with Crippen molar-refractivity contribution in [1.29, 1.82) is 0 Å². The monoisotopic (exact) mass is 328 g/mol. The van der Waals surface area contributed by atoms with Crippen LogP contribution in [0.1, 0.15) is 37.0 Å². The van der Waals surface area contributed by atoms with Crippen LogP contribution < -0.4 is 11.1 Å². The van der Waals surface area contributed by atoms with Crippen molar-refractivity contribution in [3.8, 4) is 0 Å². The zero-order valence-corrected chi connectivity index (χ0v) is 12.5. The largest absolute Gasteiger partial charge is 0.480 e. The van der Waals surface area contributed by atoms with Crippen molar-refractivity contribution in [2.24, 2.45) is 0 Å². The van der Waals surface area contributed by atoms with Gasteiger partial charge < -0.3 is 16.2 Å². The highest BCUT2D eigenvalue weighted by Crippen LogP contribution is 2.22. The van der Waals surface area contributed by atoms with Crippen molar-refractivity contribution in [2.45, 2.75) is 32.2 Å². The summed E-state index contributed by atoms with van der Waals surface area (Å²) < 4.78 is 0.575. The molecule has 1 aromatic rings. The molecule has 0 atom stereocenters. The molecule has 19 heavy (non-hydrogen) atoms. The second-order valence-electron chi connectivity index (χ2n) is 4.29. The van der Waals surface area contributed by atoms with Gasteiger partial charge in [-0.1, -0.05) is 13.8 Å². The second kappa shape index (κ2) is 6.06. The molecule has 0 aliphatic heterocycles. The van der Waals surface area contributed by atoms with Crippen LogP contribution in [0, 0.1) is 0 Å². The van der Waals surface area contributed by atoms with Gasteiger partial charge in [0, 0.05) is 10.2 Å². The van der Waals surface area contributed by atoms with E-state index in [1.54, 1.807) is 26.0 Å². The lowest BCUT2D eigenvalue weighted by molar-refractivity contribution is -0.144. The van der Waals surface area contributed by atoms with Crippen LogP contribution in [0.2, 0.25) is 0 Å². The molecule has 0 aromatic heterocycles. The number of carboxylic acid groups (broad SMARTS) is 1. The number of benzene rings is 1. The van der Waals surface area contributed by atoms with Gasteiger partial charge >= 0.3 is 5.97 Å². The number of nitrogens with one attached hydrogen (secondary N) is 1. The molecule has 0 radical (unpaired) electrons. The number of nitrogen functional groups attached to an aromatic ring is 1. The number of carbonyl (C=O) groups is 2. The van der Waals surface area contributed by atoms with E-state index >= 15 is 0 Å². The first kappa shape index (κ1) is 15.5. The van der Waals surface area contributed by atoms with E-state index in [-0.39, 0.29) is 0 Å². The summed E-state index contributed by atoms with van der Waals surface area (Å²) in [7, 11) is 0. The van der Waals surface area contributed by atoms with Crippen molar-refractivity contribution in [3.05, 3.63) is 28.2 Å². The number of anilines is 1. The molecule has 0 aliphatic carbocycles. The molecule has 4 N–H and O–H groups in total. The minimum atomic E-state index is -1.25. The maximum atomic E-state index is 12.2. The number of amides is 1. The van der Waals surface area contributed by atoms with Crippen LogP contribution in [0.25, 0.3) is 0 Å². The van der Waals surface area contributed by atoms with E-state index < -0.39 is 17.4 Å². The minimum absolute atomic E-state index is 0.310. The summed E-state index contributed by atoms with van der Waals surface area (Å²) in [6.45, 7) is 3.46. The molecule has 0 unspecified atom stereocenters. The molecule has 0 aliphatic rings. The van der Waals surface area contributed by atoms with Crippen molar-refractivity contribution in [1.82, 2.24) is 5.32 Å². The summed E-state index contributed by atoms with van der Waals surface area (Å²) in [5, 5.41) is 11.9. The Labute approximate surface area is 120 Å². The number of carboxylic acids is 1. The maximum absolute atomic E-state index is 12.2. The molecule has 0 fully saturated rings. The van der Waals surface area contributed by atoms with E-state index in [0.717, 1.165) is 0 Å². The molecule has 6 heteroatoms. The van der Waals surface area contributed by atoms with Gasteiger partial charge in [0.15, 0.2) is 0 Å². The Bertz CT molecular complexity index is 499. The van der Waals surface area contributed by atoms with Gasteiger partial charge in [-0.15, -0.1) is 0 Å². The number of carbonyl (C=O) groups excluding carboxylic acids is 1. The third-order valence-electron chi connectivity index (χ3n) is 3.20. The molecule has 1 amide bonds. The topological polar surface area (TPSA) is 92.4 Å². The van der Waals surface area contributed by atoms with Crippen molar-refractivity contribution in [2.75, 3.05) is 5.73 Å². The Morgan fingerprint density at radius 1 is 1.37 bits per heavy atom. The fourth-order valence-electron chi connectivity index (χ4n) is 1.78. The molecular weight excluding hydrogens is 312 g/mol. The number of nitrogens with two attached hydrogens (primary N) is 1. The van der Waals surface area contributed by atoms with Crippen LogP contribution in [0.5, 0.6) is 0 Å². The van der Waals surface area contributed by atoms with Crippen molar-refractivity contribution >= 4 is 33.5 Å². The molecule has 104 valence electrons. The second-order valence-corrected chi connectivity index (χ2v) is 5.14. The Morgan fingerprint density at radius 3 is 2.42 bits per heavy atom. The van der Waals surface area contributed by atoms with Gasteiger partial charge in [0.25, 0.3) is 5.91 Å². The Morgan fingerprint density at radius 2 is 1.95 bits per heavy atom. The standard InChI is InChI=1S/C13H17BrN2O3/c1-3-13(4-2,12(18)19)16-11(17)9-7-8(15)5-6-10(9)14/h5-7H,3-4,15H2,1-2H3,(H,16,17)(H,18,19). The van der Waals surface area contributed by atoms with Gasteiger partial charge in [0.1, 0.15) is 5.54 Å². The first-order valence-corrected chi connectivity index (χ1v) is 6.76. The fraction of sp³-hybridized carbons (Fsp3) is 0.385. The van der Waals surface area contributed by atoms with Gasteiger partial charge in [-0.2, -0.15) is 0 Å². The number of hydrogen-bond donors (Lipinski definition) is 3. The van der Waals surface area contributed by atoms with Gasteiger partial charge in [-0.3, -0.25) is 4.79 Å². The van der Waals surface area contributed by atoms with Gasteiger partial charge in [0.05, 0.1) is 5.56 Å². The van der Waals surface area contributed by atoms with E-state index in [1.807, 2.05) is 0 Å². The average Bonchev–Trinajstić information content (AvgIpc) is 2.38. The molecule has 0 bridgehead atoms. The molecule has 5 nitrogen and oxygen atoms in total. The van der Waals surface area contributed by atoms with Crippen LogP contribution in [0.3, 0.4) is 0 Å². The highest BCUT2D eigenvalue weighted by Gasteiger charge is 2.36. The molecular formula is C13H17BrN2O3. The zero-order valence-electron chi connectivity index (χ0n) is 10.9. The lowest BCUT2D eigenvalue weighted by Gasteiger charge is -2.28. The summed E-state index contributed by atoms with van der Waals surface area (Å²) in [6.07, 6.45) is 0.620. The SMILES string of the molecule is CCC(CC)(NC(=O)c1cc(N)ccc1Br)C(=O)O. The highest BCUT2D eigenvalue weighted by molar-refractivity contribution is 9.10. The first-order valence-electron chi connectivity index (χ1n) is 5.97. The third kappa shape index (κ3) is 3.26. The van der Waals surface area contributed by atoms with Crippen LogP contribution >= 0.6 is 15.9 Å². The summed E-state index contributed by atoms with van der Waals surface area (Å²) in [5.74, 6) is -1.49. The van der Waals surface area contributed by atoms with Crippen molar-refractivity contribution < 1.29 is 14.7 Å². The predicted molar refractivity (Wildman–Crippen MR) is 77.0 cm³/mol.